The third kappa shape index (κ3) is 10.5. The normalized spacial score (nSPS) is 13.1. The van der Waals surface area contributed by atoms with E-state index in [1.165, 1.54) is 18.7 Å². The molecule has 2 amide bonds. The van der Waals surface area contributed by atoms with Gasteiger partial charge in [0.25, 0.3) is 0 Å². The molecule has 6 nitrogen and oxygen atoms in total. The van der Waals surface area contributed by atoms with Gasteiger partial charge in [-0.3, -0.25) is 19.2 Å². The highest BCUT2D eigenvalue weighted by Crippen LogP contribution is 2.23. The summed E-state index contributed by atoms with van der Waals surface area (Å²) in [6.45, 7) is 12.6. The van der Waals surface area contributed by atoms with Crippen molar-refractivity contribution in [1.82, 2.24) is 10.6 Å². The van der Waals surface area contributed by atoms with Gasteiger partial charge in [-0.05, 0) is 0 Å². The molecule has 0 aromatic carbocycles. The summed E-state index contributed by atoms with van der Waals surface area (Å²) >= 11 is 2.21. The number of hydrogen-bond acceptors (Lipinski definition) is 6. The second kappa shape index (κ2) is 10.2. The molecule has 0 saturated heterocycles. The molecule has 0 saturated carbocycles. The lowest BCUT2D eigenvalue weighted by molar-refractivity contribution is -0.127. The highest BCUT2D eigenvalue weighted by atomic mass is 32.2. The third-order valence-electron chi connectivity index (χ3n) is 2.93. The molecule has 1 atom stereocenters. The Labute approximate surface area is 159 Å². The van der Waals surface area contributed by atoms with Crippen LogP contribution in [0, 0.1) is 10.8 Å². The first-order valence-electron chi connectivity index (χ1n) is 8.14. The Morgan fingerprint density at radius 1 is 0.880 bits per heavy atom. The van der Waals surface area contributed by atoms with Gasteiger partial charge in [-0.2, -0.15) is 0 Å². The predicted molar refractivity (Wildman–Crippen MR) is 104 cm³/mol. The van der Waals surface area contributed by atoms with Gasteiger partial charge >= 0.3 is 0 Å². The number of carbonyl (C=O) groups is 4. The molecule has 0 aromatic rings. The molecule has 0 heterocycles. The molecule has 0 aromatic heterocycles. The summed E-state index contributed by atoms with van der Waals surface area (Å²) in [5, 5.41) is 5.29. The van der Waals surface area contributed by atoms with Gasteiger partial charge in [-0.15, -0.1) is 0 Å². The van der Waals surface area contributed by atoms with Crippen LogP contribution in [0.1, 0.15) is 48.5 Å². The molecule has 25 heavy (non-hydrogen) atoms. The van der Waals surface area contributed by atoms with Crippen LogP contribution in [0.4, 0.5) is 0 Å². The Morgan fingerprint density at radius 3 is 1.80 bits per heavy atom. The maximum Gasteiger partial charge on any atom is 0.243 e. The highest BCUT2D eigenvalue weighted by Gasteiger charge is 2.26. The number of hydrogen-bond donors (Lipinski definition) is 2. The van der Waals surface area contributed by atoms with Crippen molar-refractivity contribution in [3.05, 3.63) is 0 Å². The minimum Gasteiger partial charge on any atom is -0.353 e. The van der Waals surface area contributed by atoms with Crippen LogP contribution in [0.25, 0.3) is 0 Å². The molecular formula is C17H30N2O4S2. The van der Waals surface area contributed by atoms with Crippen molar-refractivity contribution in [2.24, 2.45) is 10.8 Å². The quantitative estimate of drug-likeness (QED) is 0.648. The van der Waals surface area contributed by atoms with Crippen molar-refractivity contribution in [3.8, 4) is 0 Å². The van der Waals surface area contributed by atoms with Crippen molar-refractivity contribution in [2.45, 2.75) is 54.5 Å². The molecule has 0 bridgehead atoms. The smallest absolute Gasteiger partial charge is 0.243 e. The first kappa shape index (κ1) is 24.0. The van der Waals surface area contributed by atoms with E-state index in [-0.39, 0.29) is 27.8 Å². The fourth-order valence-electron chi connectivity index (χ4n) is 1.46. The molecule has 0 aliphatic heterocycles. The molecule has 8 heteroatoms. The number of nitrogens with one attached hydrogen (secondary N) is 2. The Hall–Kier alpha value is -1.02. The fourth-order valence-corrected chi connectivity index (χ4v) is 3.27. The van der Waals surface area contributed by atoms with E-state index in [2.05, 4.69) is 10.6 Å². The minimum absolute atomic E-state index is 0.0398. The van der Waals surface area contributed by atoms with Crippen LogP contribution in [-0.2, 0) is 19.2 Å². The molecule has 144 valence electrons. The van der Waals surface area contributed by atoms with Crippen LogP contribution in [-0.4, -0.2) is 46.1 Å². The van der Waals surface area contributed by atoms with E-state index in [1.54, 1.807) is 20.8 Å². The van der Waals surface area contributed by atoms with Crippen molar-refractivity contribution >= 4 is 45.6 Å². The highest BCUT2D eigenvalue weighted by molar-refractivity contribution is 8.14. The molecule has 0 rings (SSSR count). The van der Waals surface area contributed by atoms with E-state index in [4.69, 9.17) is 0 Å². The van der Waals surface area contributed by atoms with Gasteiger partial charge in [0, 0.05) is 35.8 Å². The summed E-state index contributed by atoms with van der Waals surface area (Å²) in [6.07, 6.45) is 0. The lowest BCUT2D eigenvalue weighted by Gasteiger charge is -2.20. The molecule has 0 fully saturated rings. The van der Waals surface area contributed by atoms with E-state index in [0.29, 0.717) is 12.3 Å². The third-order valence-corrected chi connectivity index (χ3v) is 5.59. The van der Waals surface area contributed by atoms with E-state index in [0.717, 1.165) is 11.8 Å². The number of amides is 2. The van der Waals surface area contributed by atoms with Crippen molar-refractivity contribution in [2.75, 3.05) is 18.1 Å². The van der Waals surface area contributed by atoms with Gasteiger partial charge in [0.05, 0.1) is 0 Å². The Morgan fingerprint density at radius 2 is 1.36 bits per heavy atom. The first-order valence-corrected chi connectivity index (χ1v) is 10.1. The lowest BCUT2D eigenvalue weighted by Crippen LogP contribution is -2.48. The lowest BCUT2D eigenvalue weighted by atomic mass is 9.99. The average Bonchev–Trinajstić information content (AvgIpc) is 2.44. The van der Waals surface area contributed by atoms with Crippen molar-refractivity contribution < 1.29 is 19.2 Å². The van der Waals surface area contributed by atoms with Crippen molar-refractivity contribution in [3.63, 3.8) is 0 Å². The summed E-state index contributed by atoms with van der Waals surface area (Å²) in [5.41, 5.74) is -0.927. The molecule has 0 radical (unpaired) electrons. The molecule has 0 unspecified atom stereocenters. The standard InChI is InChI=1S/C17H30N2O4S2/c1-11(20)19-12(10-25-15(23)17(5,6)7)13(21)18-8-9-24-14(22)16(2,3)4/h12H,8-10H2,1-7H3,(H,18,21)(H,19,20)/t12-/m0/s1. The summed E-state index contributed by atoms with van der Waals surface area (Å²) < 4.78 is 0. The Kier molecular flexibility index (Phi) is 9.79. The molecule has 2 N–H and O–H groups in total. The largest absolute Gasteiger partial charge is 0.353 e. The van der Waals surface area contributed by atoms with E-state index in [9.17, 15) is 19.2 Å². The summed E-state index contributed by atoms with van der Waals surface area (Å²) in [6, 6.07) is -0.780. The summed E-state index contributed by atoms with van der Waals surface area (Å²) in [4.78, 5) is 47.3. The van der Waals surface area contributed by atoms with Crippen LogP contribution >= 0.6 is 23.5 Å². The average molecular weight is 391 g/mol. The number of rotatable bonds is 7. The number of carbonyl (C=O) groups excluding carboxylic acids is 4. The van der Waals surface area contributed by atoms with E-state index >= 15 is 0 Å². The fraction of sp³-hybridized carbons (Fsp3) is 0.765. The van der Waals surface area contributed by atoms with Gasteiger partial charge < -0.3 is 10.6 Å². The zero-order chi connectivity index (χ0) is 19.8. The van der Waals surface area contributed by atoms with Crippen LogP contribution in [0.3, 0.4) is 0 Å². The van der Waals surface area contributed by atoms with Gasteiger partial charge in [0.15, 0.2) is 10.2 Å². The second-order valence-corrected chi connectivity index (χ2v) is 9.84. The Balaban J connectivity index is 4.48. The molecule has 0 spiro atoms. The van der Waals surface area contributed by atoms with E-state index < -0.39 is 16.9 Å². The minimum atomic E-state index is -0.780. The maximum atomic E-state index is 12.2. The summed E-state index contributed by atoms with van der Waals surface area (Å²) in [7, 11) is 0. The van der Waals surface area contributed by atoms with Gasteiger partial charge in [-0.25, -0.2) is 0 Å². The van der Waals surface area contributed by atoms with Crippen LogP contribution in [0.5, 0.6) is 0 Å². The van der Waals surface area contributed by atoms with Crippen LogP contribution < -0.4 is 10.6 Å². The van der Waals surface area contributed by atoms with Crippen molar-refractivity contribution in [1.29, 1.82) is 0 Å². The summed E-state index contributed by atoms with van der Waals surface area (Å²) in [5.74, 6) is -0.0485. The van der Waals surface area contributed by atoms with E-state index in [1.807, 2.05) is 20.8 Å². The zero-order valence-corrected chi connectivity index (χ0v) is 17.8. The molecular weight excluding hydrogens is 360 g/mol. The predicted octanol–water partition coefficient (Wildman–Crippen LogP) is 2.22. The monoisotopic (exact) mass is 390 g/mol. The van der Waals surface area contributed by atoms with Gasteiger partial charge in [0.2, 0.25) is 11.8 Å². The van der Waals surface area contributed by atoms with Crippen LogP contribution in [0.15, 0.2) is 0 Å². The topological polar surface area (TPSA) is 92.3 Å². The maximum absolute atomic E-state index is 12.2. The van der Waals surface area contributed by atoms with Crippen LogP contribution in [0.2, 0.25) is 0 Å². The Bertz CT molecular complexity index is 508. The zero-order valence-electron chi connectivity index (χ0n) is 16.1. The molecule has 0 aliphatic rings. The number of thioether (sulfide) groups is 2. The van der Waals surface area contributed by atoms with Gasteiger partial charge in [0.1, 0.15) is 6.04 Å². The van der Waals surface area contributed by atoms with Gasteiger partial charge in [-0.1, -0.05) is 65.1 Å². The molecule has 0 aliphatic carbocycles. The SMILES string of the molecule is CC(=O)N[C@@H](CSC(=O)C(C)(C)C)C(=O)NCCSC(=O)C(C)(C)C. The second-order valence-electron chi connectivity index (χ2n) is 7.78. The first-order chi connectivity index (χ1) is 11.2.